The predicted octanol–water partition coefficient (Wildman–Crippen LogP) is 5.22. The quantitative estimate of drug-likeness (QED) is 0.412. The Morgan fingerprint density at radius 2 is 1.75 bits per heavy atom. The van der Waals surface area contributed by atoms with E-state index in [0.29, 0.717) is 23.7 Å². The van der Waals surface area contributed by atoms with Gasteiger partial charge < -0.3 is 19.8 Å². The Hall–Kier alpha value is -2.85. The van der Waals surface area contributed by atoms with Crippen LogP contribution >= 0.6 is 11.6 Å². The second-order valence-electron chi connectivity index (χ2n) is 11.1. The highest BCUT2D eigenvalue weighted by molar-refractivity contribution is 6.32. The summed E-state index contributed by atoms with van der Waals surface area (Å²) in [4.78, 5) is 34.2. The van der Waals surface area contributed by atoms with Crippen molar-refractivity contribution in [3.63, 3.8) is 0 Å². The molecule has 2 heterocycles. The first-order valence-corrected chi connectivity index (χ1v) is 14.0. The minimum absolute atomic E-state index is 0.109. The van der Waals surface area contributed by atoms with Crippen LogP contribution in [0.3, 0.4) is 0 Å². The fourth-order valence-electron chi connectivity index (χ4n) is 5.29. The predicted molar refractivity (Wildman–Crippen MR) is 147 cm³/mol. The lowest BCUT2D eigenvalue weighted by atomic mass is 9.89. The van der Waals surface area contributed by atoms with E-state index in [-0.39, 0.29) is 23.5 Å². The summed E-state index contributed by atoms with van der Waals surface area (Å²) >= 11 is 6.26. The fourth-order valence-corrected chi connectivity index (χ4v) is 5.52. The van der Waals surface area contributed by atoms with Gasteiger partial charge >= 0.3 is 6.18 Å². The van der Waals surface area contributed by atoms with E-state index < -0.39 is 23.2 Å². The Labute approximate surface area is 237 Å². The van der Waals surface area contributed by atoms with Gasteiger partial charge in [-0.25, -0.2) is 4.98 Å². The lowest BCUT2D eigenvalue weighted by Gasteiger charge is -2.35. The van der Waals surface area contributed by atoms with Crippen LogP contribution in [0.15, 0.2) is 36.4 Å². The molecule has 0 bridgehead atoms. The number of carbonyl (C=O) groups is 2. The number of alkyl halides is 3. The second kappa shape index (κ2) is 11.9. The Kier molecular flexibility index (Phi) is 8.99. The number of hydrogen-bond donors (Lipinski definition) is 1. The molecule has 218 valence electrons. The molecule has 1 atom stereocenters. The van der Waals surface area contributed by atoms with Crippen LogP contribution in [-0.4, -0.2) is 78.7 Å². The van der Waals surface area contributed by atoms with Crippen LogP contribution in [0.1, 0.15) is 65.9 Å². The Bertz CT molecular complexity index is 1230. The van der Waals surface area contributed by atoms with Gasteiger partial charge in [-0.1, -0.05) is 35.9 Å². The maximum absolute atomic E-state index is 14.1. The van der Waals surface area contributed by atoms with E-state index in [2.05, 4.69) is 9.88 Å². The van der Waals surface area contributed by atoms with E-state index in [0.717, 1.165) is 55.7 Å². The van der Waals surface area contributed by atoms with Crippen molar-refractivity contribution >= 4 is 29.2 Å². The molecule has 1 saturated carbocycles. The van der Waals surface area contributed by atoms with E-state index in [9.17, 15) is 27.9 Å². The van der Waals surface area contributed by atoms with Gasteiger partial charge in [0.15, 0.2) is 0 Å². The molecule has 2 fully saturated rings. The first kappa shape index (κ1) is 30.1. The zero-order chi connectivity index (χ0) is 29.2. The summed E-state index contributed by atoms with van der Waals surface area (Å²) in [6, 6.07) is 9.17. The number of halogens is 4. The monoisotopic (exact) mass is 580 g/mol. The molecule has 2 aliphatic rings. The number of anilines is 1. The summed E-state index contributed by atoms with van der Waals surface area (Å²) in [5.74, 6) is -0.340. The number of amides is 2. The van der Waals surface area contributed by atoms with Gasteiger partial charge in [0, 0.05) is 46.3 Å². The highest BCUT2D eigenvalue weighted by Gasteiger charge is 2.61. The van der Waals surface area contributed by atoms with Crippen LogP contribution in [-0.2, 0) is 10.4 Å². The van der Waals surface area contributed by atoms with Crippen molar-refractivity contribution in [3.05, 3.63) is 58.2 Å². The number of carbonyl (C=O) groups excluding carboxylic acids is 2. The number of aromatic nitrogens is 1. The smallest absolute Gasteiger partial charge is 0.369 e. The van der Waals surface area contributed by atoms with Crippen molar-refractivity contribution in [1.82, 2.24) is 14.8 Å². The number of likely N-dealkylation sites (N-methyl/N-ethyl adjacent to an activating group) is 1. The molecule has 2 aromatic rings. The third-order valence-corrected chi connectivity index (χ3v) is 8.22. The first-order chi connectivity index (χ1) is 18.8. The van der Waals surface area contributed by atoms with Crippen molar-refractivity contribution in [2.75, 3.05) is 45.7 Å². The van der Waals surface area contributed by atoms with Gasteiger partial charge in [0.2, 0.25) is 0 Å². The molecule has 0 unspecified atom stereocenters. The number of hydrogen-bond acceptors (Lipinski definition) is 5. The molecule has 1 saturated heterocycles. The third kappa shape index (κ3) is 6.38. The van der Waals surface area contributed by atoms with Gasteiger partial charge in [0.05, 0.1) is 5.56 Å². The van der Waals surface area contributed by atoms with Crippen LogP contribution in [0.5, 0.6) is 0 Å². The van der Waals surface area contributed by atoms with E-state index in [1.807, 2.05) is 0 Å². The minimum atomic E-state index is -5.15. The summed E-state index contributed by atoms with van der Waals surface area (Å²) < 4.78 is 42.4. The van der Waals surface area contributed by atoms with Crippen molar-refractivity contribution < 1.29 is 27.9 Å². The standard InChI is InChI=1S/C29H36ClF3N4O3/c1-35(2)26(38)23-11-12-24(34-25(23)30)37-16-13-19(14-17-37)6-5-15-36(3)27(39)28(40,29(31,32)33)22-8-4-7-21(18-22)20-9-10-20/h4,7-8,11-12,18-20,40H,5-6,9-10,13-17H2,1-3H3/t28-/m0/s1. The molecule has 1 aromatic carbocycles. The fraction of sp³-hybridized carbons (Fsp3) is 0.552. The topological polar surface area (TPSA) is 77.0 Å². The zero-order valence-corrected chi connectivity index (χ0v) is 23.8. The molecule has 11 heteroatoms. The molecule has 1 aromatic heterocycles. The maximum atomic E-state index is 14.1. The van der Waals surface area contributed by atoms with Gasteiger partial charge in [0.1, 0.15) is 11.0 Å². The Balaban J connectivity index is 1.30. The number of pyridine rings is 1. The van der Waals surface area contributed by atoms with Crippen molar-refractivity contribution in [2.24, 2.45) is 5.92 Å². The van der Waals surface area contributed by atoms with Crippen LogP contribution in [0.4, 0.5) is 19.0 Å². The molecule has 4 rings (SSSR count). The molecule has 40 heavy (non-hydrogen) atoms. The molecular weight excluding hydrogens is 545 g/mol. The molecule has 0 spiro atoms. The molecule has 1 aliphatic heterocycles. The summed E-state index contributed by atoms with van der Waals surface area (Å²) in [5, 5.41) is 11.0. The lowest BCUT2D eigenvalue weighted by Crippen LogP contribution is -2.55. The maximum Gasteiger partial charge on any atom is 0.430 e. The highest BCUT2D eigenvalue weighted by Crippen LogP contribution is 2.44. The van der Waals surface area contributed by atoms with Gasteiger partial charge in [-0.3, -0.25) is 9.59 Å². The van der Waals surface area contributed by atoms with Gasteiger partial charge in [-0.15, -0.1) is 0 Å². The summed E-state index contributed by atoms with van der Waals surface area (Å²) in [5.41, 5.74) is -2.95. The van der Waals surface area contributed by atoms with E-state index in [1.165, 1.54) is 30.1 Å². The van der Waals surface area contributed by atoms with Crippen molar-refractivity contribution in [3.8, 4) is 0 Å². The average Bonchev–Trinajstić information content (AvgIpc) is 3.77. The lowest BCUT2D eigenvalue weighted by molar-refractivity contribution is -0.261. The number of piperidine rings is 1. The Morgan fingerprint density at radius 3 is 2.33 bits per heavy atom. The summed E-state index contributed by atoms with van der Waals surface area (Å²) in [7, 11) is 4.61. The number of benzene rings is 1. The highest BCUT2D eigenvalue weighted by atomic mass is 35.5. The van der Waals surface area contributed by atoms with Crippen LogP contribution in [0, 0.1) is 5.92 Å². The number of rotatable bonds is 9. The van der Waals surface area contributed by atoms with E-state index >= 15 is 0 Å². The van der Waals surface area contributed by atoms with Crippen molar-refractivity contribution in [2.45, 2.75) is 56.2 Å². The van der Waals surface area contributed by atoms with Crippen LogP contribution in [0.2, 0.25) is 5.15 Å². The molecule has 1 aliphatic carbocycles. The Morgan fingerprint density at radius 1 is 1.07 bits per heavy atom. The normalized spacial score (nSPS) is 17.9. The third-order valence-electron chi connectivity index (χ3n) is 7.93. The molecule has 1 N–H and O–H groups in total. The average molecular weight is 581 g/mol. The van der Waals surface area contributed by atoms with Crippen LogP contribution < -0.4 is 4.90 Å². The second-order valence-corrected chi connectivity index (χ2v) is 11.5. The molecule has 2 amide bonds. The molecule has 7 nitrogen and oxygen atoms in total. The van der Waals surface area contributed by atoms with Crippen molar-refractivity contribution in [1.29, 1.82) is 0 Å². The number of nitrogens with zero attached hydrogens (tertiary/aromatic N) is 4. The van der Waals surface area contributed by atoms with Gasteiger partial charge in [0.25, 0.3) is 17.4 Å². The molecule has 0 radical (unpaired) electrons. The molecular formula is C29H36ClF3N4O3. The summed E-state index contributed by atoms with van der Waals surface area (Å²) in [6.45, 7) is 1.57. The zero-order valence-electron chi connectivity index (χ0n) is 23.0. The SMILES string of the molecule is CN(C)C(=O)c1ccc(N2CCC(CCCN(C)C(=O)[C@@](O)(c3cccc(C4CC4)c3)C(F)(F)F)CC2)nc1Cl. The largest absolute Gasteiger partial charge is 0.430 e. The van der Waals surface area contributed by atoms with Gasteiger partial charge in [-0.05, 0) is 68.1 Å². The van der Waals surface area contributed by atoms with E-state index in [4.69, 9.17) is 11.6 Å². The van der Waals surface area contributed by atoms with Gasteiger partial charge in [-0.2, -0.15) is 13.2 Å². The summed E-state index contributed by atoms with van der Waals surface area (Å²) in [6.07, 6.45) is -0.371. The minimum Gasteiger partial charge on any atom is -0.369 e. The van der Waals surface area contributed by atoms with Crippen LogP contribution in [0.25, 0.3) is 0 Å². The number of aliphatic hydroxyl groups is 1. The van der Waals surface area contributed by atoms with E-state index in [1.54, 1.807) is 32.3 Å². The first-order valence-electron chi connectivity index (χ1n) is 13.6.